The van der Waals surface area contributed by atoms with Crippen LogP contribution in [-0.4, -0.2) is 30.3 Å². The third kappa shape index (κ3) is 3.83. The van der Waals surface area contributed by atoms with Crippen molar-refractivity contribution in [3.63, 3.8) is 0 Å². The third-order valence-electron chi connectivity index (χ3n) is 4.43. The quantitative estimate of drug-likeness (QED) is 0.906. The second-order valence-electron chi connectivity index (χ2n) is 6.18. The lowest BCUT2D eigenvalue weighted by Gasteiger charge is -2.33. The zero-order valence-electron chi connectivity index (χ0n) is 13.8. The average molecular weight is 345 g/mol. The molecule has 128 valence electrons. The summed E-state index contributed by atoms with van der Waals surface area (Å²) < 4.78 is 30.3. The molecule has 24 heavy (non-hydrogen) atoms. The Morgan fingerprint density at radius 3 is 2.54 bits per heavy atom. The van der Waals surface area contributed by atoms with Crippen molar-refractivity contribution in [2.24, 2.45) is 0 Å². The first-order chi connectivity index (χ1) is 11.6. The van der Waals surface area contributed by atoms with Gasteiger partial charge in [-0.1, -0.05) is 42.8 Å². The Labute approximate surface area is 143 Å². The van der Waals surface area contributed by atoms with Crippen molar-refractivity contribution in [1.29, 1.82) is 0 Å². The maximum Gasteiger partial charge on any atom is 0.280 e. The summed E-state index contributed by atoms with van der Waals surface area (Å²) in [6.07, 6.45) is 4.57. The number of nitrogens with zero attached hydrogens (tertiary/aromatic N) is 2. The van der Waals surface area contributed by atoms with E-state index in [1.165, 1.54) is 0 Å². The number of hydrogen-bond acceptors (Lipinski definition) is 3. The van der Waals surface area contributed by atoms with Crippen LogP contribution in [0.5, 0.6) is 0 Å². The first-order valence-corrected chi connectivity index (χ1v) is 9.77. The summed E-state index contributed by atoms with van der Waals surface area (Å²) in [5, 5.41) is 0. The molecule has 2 atom stereocenters. The van der Waals surface area contributed by atoms with Gasteiger partial charge in [0, 0.05) is 18.8 Å². The Morgan fingerprint density at radius 2 is 1.88 bits per heavy atom. The standard InChI is InChI=1S/C18H23N3O2S/c1-15-9-6-8-14-21(15)24(22,23)20-18(16-10-3-2-4-11-16)17-12-5-7-13-19-17/h2-5,7,10-13,15,18,20H,6,8-9,14H2,1H3. The van der Waals surface area contributed by atoms with Crippen LogP contribution in [0.4, 0.5) is 0 Å². The van der Waals surface area contributed by atoms with Crippen molar-refractivity contribution in [3.05, 3.63) is 66.0 Å². The fraction of sp³-hybridized carbons (Fsp3) is 0.389. The lowest BCUT2D eigenvalue weighted by Crippen LogP contribution is -2.49. The highest BCUT2D eigenvalue weighted by Gasteiger charge is 2.32. The van der Waals surface area contributed by atoms with Gasteiger partial charge in [-0.25, -0.2) is 0 Å². The monoisotopic (exact) mass is 345 g/mol. The maximum atomic E-state index is 12.9. The Hall–Kier alpha value is -1.76. The van der Waals surface area contributed by atoms with Crippen LogP contribution < -0.4 is 4.72 Å². The van der Waals surface area contributed by atoms with E-state index in [-0.39, 0.29) is 6.04 Å². The molecule has 3 rings (SSSR count). The fourth-order valence-electron chi connectivity index (χ4n) is 3.14. The molecule has 0 spiro atoms. The molecule has 6 heteroatoms. The minimum Gasteiger partial charge on any atom is -0.259 e. The van der Waals surface area contributed by atoms with Gasteiger partial charge in [-0.15, -0.1) is 0 Å². The molecule has 2 heterocycles. The van der Waals surface area contributed by atoms with Gasteiger partial charge in [0.2, 0.25) is 0 Å². The molecule has 0 aliphatic carbocycles. The zero-order chi connectivity index (χ0) is 17.0. The number of hydrogen-bond donors (Lipinski definition) is 1. The van der Waals surface area contributed by atoms with Crippen molar-refractivity contribution in [2.45, 2.75) is 38.3 Å². The van der Waals surface area contributed by atoms with Gasteiger partial charge >= 0.3 is 0 Å². The van der Waals surface area contributed by atoms with Gasteiger partial charge in [0.25, 0.3) is 10.2 Å². The van der Waals surface area contributed by atoms with Crippen LogP contribution in [-0.2, 0) is 10.2 Å². The molecular weight excluding hydrogens is 322 g/mol. The molecular formula is C18H23N3O2S. The molecule has 2 aromatic rings. The number of aromatic nitrogens is 1. The van der Waals surface area contributed by atoms with Crippen LogP contribution in [0.2, 0.25) is 0 Å². The lowest BCUT2D eigenvalue weighted by atomic mass is 10.0. The first-order valence-electron chi connectivity index (χ1n) is 8.33. The van der Waals surface area contributed by atoms with E-state index in [4.69, 9.17) is 0 Å². The van der Waals surface area contributed by atoms with Crippen molar-refractivity contribution in [3.8, 4) is 0 Å². The molecule has 0 bridgehead atoms. The van der Waals surface area contributed by atoms with Crippen LogP contribution in [0.1, 0.15) is 43.5 Å². The van der Waals surface area contributed by atoms with Gasteiger partial charge in [0.15, 0.2) is 0 Å². The van der Waals surface area contributed by atoms with E-state index in [0.29, 0.717) is 12.2 Å². The predicted molar refractivity (Wildman–Crippen MR) is 94.6 cm³/mol. The van der Waals surface area contributed by atoms with Gasteiger partial charge in [0.05, 0.1) is 11.7 Å². The number of nitrogens with one attached hydrogen (secondary N) is 1. The second kappa shape index (κ2) is 7.42. The number of pyridine rings is 1. The molecule has 1 fully saturated rings. The van der Waals surface area contributed by atoms with E-state index in [0.717, 1.165) is 24.8 Å². The molecule has 1 saturated heterocycles. The normalized spacial score (nSPS) is 20.6. The van der Waals surface area contributed by atoms with Crippen molar-refractivity contribution in [1.82, 2.24) is 14.0 Å². The SMILES string of the molecule is CC1CCCCN1S(=O)(=O)NC(c1ccccc1)c1ccccn1. The summed E-state index contributed by atoms with van der Waals surface area (Å²) in [4.78, 5) is 4.36. The third-order valence-corrected chi connectivity index (χ3v) is 6.13. The Balaban J connectivity index is 1.92. The van der Waals surface area contributed by atoms with Gasteiger partial charge in [-0.2, -0.15) is 17.4 Å². The van der Waals surface area contributed by atoms with Crippen LogP contribution >= 0.6 is 0 Å². The van der Waals surface area contributed by atoms with Crippen molar-refractivity contribution < 1.29 is 8.42 Å². The largest absolute Gasteiger partial charge is 0.280 e. The molecule has 0 amide bonds. The van der Waals surface area contributed by atoms with Gasteiger partial charge in [0.1, 0.15) is 0 Å². The Morgan fingerprint density at radius 1 is 1.12 bits per heavy atom. The smallest absolute Gasteiger partial charge is 0.259 e. The van der Waals surface area contributed by atoms with Gasteiger partial charge < -0.3 is 0 Å². The molecule has 0 saturated carbocycles. The summed E-state index contributed by atoms with van der Waals surface area (Å²) in [6, 6.07) is 14.6. The van der Waals surface area contributed by atoms with Crippen molar-refractivity contribution in [2.75, 3.05) is 6.54 Å². The molecule has 1 N–H and O–H groups in total. The van der Waals surface area contributed by atoms with Crippen LogP contribution in [0, 0.1) is 0 Å². The molecule has 1 aliphatic heterocycles. The number of piperidine rings is 1. The average Bonchev–Trinajstić information content (AvgIpc) is 2.61. The Kier molecular flexibility index (Phi) is 5.28. The van der Waals surface area contributed by atoms with E-state index in [9.17, 15) is 8.42 Å². The van der Waals surface area contributed by atoms with Crippen molar-refractivity contribution >= 4 is 10.2 Å². The van der Waals surface area contributed by atoms with Gasteiger partial charge in [-0.3, -0.25) is 4.98 Å². The van der Waals surface area contributed by atoms with E-state index in [2.05, 4.69) is 9.71 Å². The zero-order valence-corrected chi connectivity index (χ0v) is 14.6. The highest BCUT2D eigenvalue weighted by molar-refractivity contribution is 7.87. The summed E-state index contributed by atoms with van der Waals surface area (Å²) in [7, 11) is -3.58. The first kappa shape index (κ1) is 17.1. The summed E-state index contributed by atoms with van der Waals surface area (Å²) >= 11 is 0. The predicted octanol–water partition coefficient (Wildman–Crippen LogP) is 2.88. The fourth-order valence-corrected chi connectivity index (χ4v) is 4.78. The second-order valence-corrected chi connectivity index (χ2v) is 7.83. The molecule has 1 aliphatic rings. The highest BCUT2D eigenvalue weighted by Crippen LogP contribution is 2.24. The van der Waals surface area contributed by atoms with E-state index >= 15 is 0 Å². The number of benzene rings is 1. The van der Waals surface area contributed by atoms with Gasteiger partial charge in [-0.05, 0) is 37.5 Å². The topological polar surface area (TPSA) is 62.3 Å². The van der Waals surface area contributed by atoms with E-state index < -0.39 is 16.3 Å². The molecule has 0 radical (unpaired) electrons. The van der Waals surface area contributed by atoms with Crippen LogP contribution in [0.25, 0.3) is 0 Å². The summed E-state index contributed by atoms with van der Waals surface area (Å²) in [5.41, 5.74) is 1.57. The molecule has 1 aromatic carbocycles. The molecule has 2 unspecified atom stereocenters. The van der Waals surface area contributed by atoms with Crippen LogP contribution in [0.15, 0.2) is 54.7 Å². The molecule has 1 aromatic heterocycles. The lowest BCUT2D eigenvalue weighted by molar-refractivity contribution is 0.264. The maximum absolute atomic E-state index is 12.9. The number of rotatable bonds is 5. The minimum atomic E-state index is -3.58. The molecule has 5 nitrogen and oxygen atoms in total. The van der Waals surface area contributed by atoms with E-state index in [1.807, 2.05) is 55.5 Å². The summed E-state index contributed by atoms with van der Waals surface area (Å²) in [6.45, 7) is 2.54. The van der Waals surface area contributed by atoms with Crippen LogP contribution in [0.3, 0.4) is 0 Å². The summed E-state index contributed by atoms with van der Waals surface area (Å²) in [5.74, 6) is 0. The van der Waals surface area contributed by atoms with E-state index in [1.54, 1.807) is 10.5 Å². The highest BCUT2D eigenvalue weighted by atomic mass is 32.2. The minimum absolute atomic E-state index is 0.0244. The Bertz CT molecular complexity index is 711.